The highest BCUT2D eigenvalue weighted by molar-refractivity contribution is 8.08. The number of thioether (sulfide) groups is 3. The first-order valence-corrected chi connectivity index (χ1v) is 9.54. The molecule has 2 aromatic rings. The predicted molar refractivity (Wildman–Crippen MR) is 90.7 cm³/mol. The maximum absolute atomic E-state index is 2.44. The minimum atomic E-state index is 0.619. The van der Waals surface area contributed by atoms with Gasteiger partial charge in [-0.05, 0) is 36.6 Å². The zero-order valence-electron chi connectivity index (χ0n) is 11.0. The zero-order valence-corrected chi connectivity index (χ0v) is 13.4. The fourth-order valence-corrected chi connectivity index (χ4v) is 6.80. The van der Waals surface area contributed by atoms with E-state index in [1.165, 1.54) is 33.1 Å². The Morgan fingerprint density at radius 2 is 1.55 bits per heavy atom. The lowest BCUT2D eigenvalue weighted by molar-refractivity contribution is 0.742. The third-order valence-electron chi connectivity index (χ3n) is 3.76. The van der Waals surface area contributed by atoms with Crippen molar-refractivity contribution in [1.29, 1.82) is 0 Å². The molecule has 0 bridgehead atoms. The number of fused-ring (bicyclic) bond motifs is 2. The fourth-order valence-electron chi connectivity index (χ4n) is 2.70. The van der Waals surface area contributed by atoms with Gasteiger partial charge in [-0.15, -0.1) is 35.3 Å². The number of hydrogen-bond acceptors (Lipinski definition) is 3. The number of hydrogen-bond donors (Lipinski definition) is 0. The molecule has 4 rings (SSSR count). The molecule has 0 nitrogen and oxygen atoms in total. The van der Waals surface area contributed by atoms with Crippen molar-refractivity contribution in [2.75, 3.05) is 0 Å². The minimum absolute atomic E-state index is 0.619. The molecule has 0 saturated carbocycles. The second kappa shape index (κ2) is 5.70. The molecule has 2 aromatic carbocycles. The SMILES string of the molecule is [CH]1Sc2ccccc2SC1C1CCc2ccccc2S1. The maximum Gasteiger partial charge on any atom is 0.0362 e. The lowest BCUT2D eigenvalue weighted by Gasteiger charge is -2.33. The highest BCUT2D eigenvalue weighted by atomic mass is 32.2. The van der Waals surface area contributed by atoms with E-state index in [0.29, 0.717) is 10.5 Å². The summed E-state index contributed by atoms with van der Waals surface area (Å²) in [5.41, 5.74) is 1.53. The van der Waals surface area contributed by atoms with Gasteiger partial charge in [-0.2, -0.15) is 0 Å². The van der Waals surface area contributed by atoms with Crippen molar-refractivity contribution in [2.24, 2.45) is 0 Å². The Balaban J connectivity index is 1.53. The van der Waals surface area contributed by atoms with Crippen molar-refractivity contribution in [3.05, 3.63) is 59.8 Å². The predicted octanol–water partition coefficient (Wildman–Crippen LogP) is 5.52. The van der Waals surface area contributed by atoms with E-state index in [4.69, 9.17) is 0 Å². The zero-order chi connectivity index (χ0) is 13.4. The molecule has 20 heavy (non-hydrogen) atoms. The van der Waals surface area contributed by atoms with Gasteiger partial charge < -0.3 is 0 Å². The first-order valence-electron chi connectivity index (χ1n) is 6.90. The molecule has 101 valence electrons. The highest BCUT2D eigenvalue weighted by Crippen LogP contribution is 2.49. The lowest BCUT2D eigenvalue weighted by Crippen LogP contribution is -2.24. The van der Waals surface area contributed by atoms with Gasteiger partial charge in [-0.3, -0.25) is 0 Å². The molecule has 0 amide bonds. The van der Waals surface area contributed by atoms with Crippen LogP contribution in [0.2, 0.25) is 0 Å². The lowest BCUT2D eigenvalue weighted by atomic mass is 10.1. The van der Waals surface area contributed by atoms with E-state index >= 15 is 0 Å². The summed E-state index contributed by atoms with van der Waals surface area (Å²) in [7, 11) is 0. The summed E-state index contributed by atoms with van der Waals surface area (Å²) < 4.78 is 0. The Bertz CT molecular complexity index is 568. The van der Waals surface area contributed by atoms with Crippen molar-refractivity contribution in [3.63, 3.8) is 0 Å². The van der Waals surface area contributed by atoms with Crippen LogP contribution in [0, 0.1) is 5.75 Å². The fraction of sp³-hybridized carbons (Fsp3) is 0.235. The summed E-state index contributed by atoms with van der Waals surface area (Å²) in [5.74, 6) is 2.44. The van der Waals surface area contributed by atoms with E-state index in [2.05, 4.69) is 66.0 Å². The molecule has 0 saturated heterocycles. The summed E-state index contributed by atoms with van der Waals surface area (Å²) >= 11 is 6.03. The van der Waals surface area contributed by atoms with Gasteiger partial charge in [-0.1, -0.05) is 30.3 Å². The molecule has 2 heterocycles. The molecule has 2 atom stereocenters. The van der Waals surface area contributed by atoms with Crippen LogP contribution in [0.4, 0.5) is 0 Å². The average molecular weight is 316 g/mol. The molecule has 0 aliphatic carbocycles. The van der Waals surface area contributed by atoms with Crippen LogP contribution in [-0.2, 0) is 6.42 Å². The van der Waals surface area contributed by atoms with Crippen LogP contribution in [0.1, 0.15) is 12.0 Å². The van der Waals surface area contributed by atoms with Crippen LogP contribution in [-0.4, -0.2) is 10.5 Å². The van der Waals surface area contributed by atoms with Crippen molar-refractivity contribution in [1.82, 2.24) is 0 Å². The van der Waals surface area contributed by atoms with Crippen molar-refractivity contribution < 1.29 is 0 Å². The largest absolute Gasteiger partial charge is 0.121 e. The molecule has 0 N–H and O–H groups in total. The smallest absolute Gasteiger partial charge is 0.0362 e. The maximum atomic E-state index is 2.44. The van der Waals surface area contributed by atoms with Crippen LogP contribution < -0.4 is 0 Å². The van der Waals surface area contributed by atoms with Crippen LogP contribution in [0.5, 0.6) is 0 Å². The average Bonchev–Trinajstić information content (AvgIpc) is 2.54. The van der Waals surface area contributed by atoms with E-state index in [9.17, 15) is 0 Å². The molecular formula is C17H15S3. The van der Waals surface area contributed by atoms with Crippen LogP contribution in [0.3, 0.4) is 0 Å². The van der Waals surface area contributed by atoms with E-state index in [1.807, 2.05) is 23.5 Å². The van der Waals surface area contributed by atoms with Gasteiger partial charge in [0.2, 0.25) is 0 Å². The summed E-state index contributed by atoms with van der Waals surface area (Å²) in [6, 6.07) is 17.6. The number of aryl methyl sites for hydroxylation is 1. The quantitative estimate of drug-likeness (QED) is 0.680. The summed E-state index contributed by atoms with van der Waals surface area (Å²) in [4.78, 5) is 4.35. The normalized spacial score (nSPS) is 24.8. The Hall–Kier alpha value is -0.510. The van der Waals surface area contributed by atoms with Gasteiger partial charge in [0.05, 0.1) is 0 Å². The van der Waals surface area contributed by atoms with Gasteiger partial charge in [0.1, 0.15) is 0 Å². The topological polar surface area (TPSA) is 0 Å². The number of rotatable bonds is 1. The first kappa shape index (κ1) is 13.2. The van der Waals surface area contributed by atoms with Gasteiger partial charge in [0.25, 0.3) is 0 Å². The van der Waals surface area contributed by atoms with Gasteiger partial charge in [0, 0.05) is 30.9 Å². The summed E-state index contributed by atoms with van der Waals surface area (Å²) in [6.45, 7) is 0. The Labute approximate surface area is 133 Å². The Morgan fingerprint density at radius 1 is 0.800 bits per heavy atom. The molecule has 2 unspecified atom stereocenters. The Morgan fingerprint density at radius 3 is 2.45 bits per heavy atom. The number of benzene rings is 2. The van der Waals surface area contributed by atoms with E-state index in [0.717, 1.165) is 0 Å². The second-order valence-corrected chi connectivity index (χ2v) is 8.53. The van der Waals surface area contributed by atoms with E-state index < -0.39 is 0 Å². The van der Waals surface area contributed by atoms with Crippen LogP contribution in [0.15, 0.2) is 63.2 Å². The van der Waals surface area contributed by atoms with Crippen molar-refractivity contribution in [2.45, 2.75) is 38.0 Å². The van der Waals surface area contributed by atoms with Gasteiger partial charge in [0.15, 0.2) is 0 Å². The molecule has 0 spiro atoms. The second-order valence-electron chi connectivity index (χ2n) is 5.09. The van der Waals surface area contributed by atoms with E-state index in [1.54, 1.807) is 0 Å². The van der Waals surface area contributed by atoms with Crippen molar-refractivity contribution in [3.8, 4) is 0 Å². The molecular weight excluding hydrogens is 300 g/mol. The van der Waals surface area contributed by atoms with Crippen LogP contribution >= 0.6 is 35.3 Å². The molecule has 3 heteroatoms. The van der Waals surface area contributed by atoms with Crippen molar-refractivity contribution >= 4 is 35.3 Å². The van der Waals surface area contributed by atoms with Crippen LogP contribution in [0.25, 0.3) is 0 Å². The molecule has 0 aromatic heterocycles. The monoisotopic (exact) mass is 315 g/mol. The standard InChI is InChI=1S/C17H15S3/c1-2-6-13-12(5-1)9-10-16(19-13)17-11-18-14-7-3-4-8-15(14)20-17/h1-8,11,16-17H,9-10H2. The Kier molecular flexibility index (Phi) is 3.76. The molecule has 2 aliphatic rings. The third kappa shape index (κ3) is 2.51. The van der Waals surface area contributed by atoms with E-state index in [-0.39, 0.29) is 0 Å². The molecule has 2 aliphatic heterocycles. The highest BCUT2D eigenvalue weighted by Gasteiger charge is 2.31. The third-order valence-corrected chi connectivity index (χ3v) is 8.10. The molecule has 1 radical (unpaired) electrons. The van der Waals surface area contributed by atoms with Gasteiger partial charge >= 0.3 is 0 Å². The summed E-state index contributed by atoms with van der Waals surface area (Å²) in [5, 5.41) is 1.32. The van der Waals surface area contributed by atoms with Gasteiger partial charge in [-0.25, -0.2) is 0 Å². The minimum Gasteiger partial charge on any atom is -0.121 e. The molecule has 0 fully saturated rings. The summed E-state index contributed by atoms with van der Waals surface area (Å²) in [6.07, 6.45) is 2.52. The first-order chi connectivity index (χ1) is 9.90.